The van der Waals surface area contributed by atoms with Crippen molar-refractivity contribution in [3.63, 3.8) is 0 Å². The molecule has 2 amide bonds. The second-order valence-corrected chi connectivity index (χ2v) is 2.69. The molecule has 1 aliphatic heterocycles. The van der Waals surface area contributed by atoms with Gasteiger partial charge in [-0.1, -0.05) is 0 Å². The minimum absolute atomic E-state index is 0.363. The molecule has 1 heterocycles. The van der Waals surface area contributed by atoms with Gasteiger partial charge in [0.2, 0.25) is 0 Å². The molecule has 0 aromatic rings. The molecule has 4 heteroatoms. The van der Waals surface area contributed by atoms with Crippen molar-refractivity contribution in [2.24, 2.45) is 5.73 Å². The molecule has 0 aromatic heterocycles. The monoisotopic (exact) mass is 130 g/mol. The Labute approximate surface area is 53.2 Å². The Morgan fingerprint density at radius 2 is 2.22 bits per heavy atom. The molecule has 0 saturated carbocycles. The van der Waals surface area contributed by atoms with E-state index in [1.54, 1.807) is 6.92 Å². The van der Waals surface area contributed by atoms with Crippen LogP contribution in [0, 0.1) is 0 Å². The number of primary amides is 1. The summed E-state index contributed by atoms with van der Waals surface area (Å²) in [5.41, 5.74) is 4.20. The third-order valence-electron chi connectivity index (χ3n) is 1.37. The maximum absolute atomic E-state index is 10.3. The van der Waals surface area contributed by atoms with Crippen molar-refractivity contribution in [2.45, 2.75) is 12.5 Å². The van der Waals surface area contributed by atoms with Gasteiger partial charge >= 0.3 is 6.03 Å². The van der Waals surface area contributed by atoms with Crippen molar-refractivity contribution in [1.29, 1.82) is 0 Å². The molecule has 3 N–H and O–H groups in total. The molecule has 0 aliphatic carbocycles. The highest BCUT2D eigenvalue weighted by Gasteiger charge is 2.38. The van der Waals surface area contributed by atoms with Crippen LogP contribution in [0.5, 0.6) is 0 Å². The van der Waals surface area contributed by atoms with Crippen molar-refractivity contribution >= 4 is 6.03 Å². The van der Waals surface area contributed by atoms with Gasteiger partial charge in [0.1, 0.15) is 0 Å². The Kier molecular flexibility index (Phi) is 1.13. The Bertz CT molecular complexity index is 136. The van der Waals surface area contributed by atoms with Crippen LogP contribution in [0.4, 0.5) is 4.79 Å². The molecule has 0 radical (unpaired) electrons. The number of carbonyl (C=O) groups is 1. The van der Waals surface area contributed by atoms with Gasteiger partial charge in [0.25, 0.3) is 0 Å². The van der Waals surface area contributed by atoms with E-state index in [0.717, 1.165) is 0 Å². The maximum atomic E-state index is 10.3. The standard InChI is InChI=1S/C5H10N2O2/c1-5(9)2-7(3-5)4(6)8/h9H,2-3H2,1H3,(H2,6,8). The van der Waals surface area contributed by atoms with E-state index in [4.69, 9.17) is 10.8 Å². The highest BCUT2D eigenvalue weighted by molar-refractivity contribution is 5.73. The first-order valence-corrected chi connectivity index (χ1v) is 2.78. The van der Waals surface area contributed by atoms with E-state index in [0.29, 0.717) is 13.1 Å². The zero-order valence-electron chi connectivity index (χ0n) is 5.29. The maximum Gasteiger partial charge on any atom is 0.314 e. The lowest BCUT2D eigenvalue weighted by atomic mass is 9.98. The third-order valence-corrected chi connectivity index (χ3v) is 1.37. The first-order chi connectivity index (χ1) is 4.01. The van der Waals surface area contributed by atoms with Gasteiger partial charge in [0.15, 0.2) is 0 Å². The number of amides is 2. The van der Waals surface area contributed by atoms with Crippen LogP contribution in [0.15, 0.2) is 0 Å². The quantitative estimate of drug-likeness (QED) is 0.447. The van der Waals surface area contributed by atoms with E-state index in [1.807, 2.05) is 0 Å². The van der Waals surface area contributed by atoms with Crippen LogP contribution in [0.3, 0.4) is 0 Å². The summed E-state index contributed by atoms with van der Waals surface area (Å²) in [6.45, 7) is 2.40. The summed E-state index contributed by atoms with van der Waals surface area (Å²) >= 11 is 0. The molecule has 1 fully saturated rings. The zero-order valence-corrected chi connectivity index (χ0v) is 5.29. The Balaban J connectivity index is 2.35. The largest absolute Gasteiger partial charge is 0.386 e. The van der Waals surface area contributed by atoms with E-state index < -0.39 is 11.6 Å². The lowest BCUT2D eigenvalue weighted by Crippen LogP contribution is -2.63. The fraction of sp³-hybridized carbons (Fsp3) is 0.800. The summed E-state index contributed by atoms with van der Waals surface area (Å²) in [5.74, 6) is 0. The van der Waals surface area contributed by atoms with Crippen LogP contribution < -0.4 is 5.73 Å². The minimum atomic E-state index is -0.699. The molecule has 52 valence electrons. The van der Waals surface area contributed by atoms with Crippen molar-refractivity contribution in [3.8, 4) is 0 Å². The van der Waals surface area contributed by atoms with Crippen LogP contribution in [-0.4, -0.2) is 34.7 Å². The molecular weight excluding hydrogens is 120 g/mol. The van der Waals surface area contributed by atoms with E-state index in [9.17, 15) is 4.79 Å². The molecular formula is C5H10N2O2. The highest BCUT2D eigenvalue weighted by atomic mass is 16.3. The van der Waals surface area contributed by atoms with Gasteiger partial charge in [-0.25, -0.2) is 4.79 Å². The van der Waals surface area contributed by atoms with Gasteiger partial charge in [-0.3, -0.25) is 0 Å². The fourth-order valence-electron chi connectivity index (χ4n) is 0.932. The number of nitrogens with zero attached hydrogens (tertiary/aromatic N) is 1. The molecule has 1 aliphatic rings. The number of aliphatic hydroxyl groups is 1. The van der Waals surface area contributed by atoms with Gasteiger partial charge < -0.3 is 15.7 Å². The van der Waals surface area contributed by atoms with Gasteiger partial charge in [0, 0.05) is 0 Å². The summed E-state index contributed by atoms with van der Waals surface area (Å²) in [4.78, 5) is 11.7. The summed E-state index contributed by atoms with van der Waals surface area (Å²) in [6, 6.07) is -0.457. The Morgan fingerprint density at radius 3 is 2.33 bits per heavy atom. The van der Waals surface area contributed by atoms with Crippen molar-refractivity contribution in [3.05, 3.63) is 0 Å². The molecule has 1 rings (SSSR count). The first kappa shape index (κ1) is 6.35. The Morgan fingerprint density at radius 1 is 1.78 bits per heavy atom. The number of β-amino-alcohol motifs (C(OH)–C–C–N with tert-alkyl or cyclic N) is 1. The van der Waals surface area contributed by atoms with Crippen LogP contribution in [0.2, 0.25) is 0 Å². The van der Waals surface area contributed by atoms with E-state index >= 15 is 0 Å². The van der Waals surface area contributed by atoms with Gasteiger partial charge in [-0.15, -0.1) is 0 Å². The summed E-state index contributed by atoms with van der Waals surface area (Å²) < 4.78 is 0. The summed E-state index contributed by atoms with van der Waals surface area (Å²) in [5, 5.41) is 9.08. The SMILES string of the molecule is CC1(O)CN(C(N)=O)C1. The second-order valence-electron chi connectivity index (χ2n) is 2.69. The van der Waals surface area contributed by atoms with Crippen molar-refractivity contribution in [1.82, 2.24) is 4.90 Å². The predicted molar refractivity (Wildman–Crippen MR) is 31.8 cm³/mol. The Hall–Kier alpha value is -0.770. The van der Waals surface area contributed by atoms with Crippen LogP contribution >= 0.6 is 0 Å². The molecule has 0 unspecified atom stereocenters. The van der Waals surface area contributed by atoms with Gasteiger partial charge in [-0.2, -0.15) is 0 Å². The first-order valence-electron chi connectivity index (χ1n) is 2.78. The van der Waals surface area contributed by atoms with E-state index in [-0.39, 0.29) is 0 Å². The number of nitrogens with two attached hydrogens (primary N) is 1. The van der Waals surface area contributed by atoms with E-state index in [2.05, 4.69) is 0 Å². The van der Waals surface area contributed by atoms with E-state index in [1.165, 1.54) is 4.90 Å². The zero-order chi connectivity index (χ0) is 7.07. The fourth-order valence-corrected chi connectivity index (χ4v) is 0.932. The summed E-state index contributed by atoms with van der Waals surface area (Å²) in [6.07, 6.45) is 0. The number of hydrogen-bond donors (Lipinski definition) is 2. The molecule has 0 aromatic carbocycles. The third kappa shape index (κ3) is 1.13. The molecule has 4 nitrogen and oxygen atoms in total. The average Bonchev–Trinajstić information content (AvgIpc) is 1.59. The topological polar surface area (TPSA) is 66.6 Å². The number of hydrogen-bond acceptors (Lipinski definition) is 2. The molecule has 1 saturated heterocycles. The second kappa shape index (κ2) is 1.60. The number of likely N-dealkylation sites (tertiary alicyclic amines) is 1. The van der Waals surface area contributed by atoms with Gasteiger partial charge in [0.05, 0.1) is 18.7 Å². The lowest BCUT2D eigenvalue weighted by Gasteiger charge is -2.42. The van der Waals surface area contributed by atoms with Gasteiger partial charge in [-0.05, 0) is 6.92 Å². The summed E-state index contributed by atoms with van der Waals surface area (Å²) in [7, 11) is 0. The molecule has 0 atom stereocenters. The smallest absolute Gasteiger partial charge is 0.314 e. The number of rotatable bonds is 0. The predicted octanol–water partition coefficient (Wildman–Crippen LogP) is -0.868. The lowest BCUT2D eigenvalue weighted by molar-refractivity contribution is -0.0590. The van der Waals surface area contributed by atoms with Crippen LogP contribution in [0.25, 0.3) is 0 Å². The molecule has 0 bridgehead atoms. The van der Waals surface area contributed by atoms with Crippen LogP contribution in [-0.2, 0) is 0 Å². The van der Waals surface area contributed by atoms with Crippen molar-refractivity contribution in [2.75, 3.05) is 13.1 Å². The number of urea groups is 1. The number of carbonyl (C=O) groups excluding carboxylic acids is 1. The van der Waals surface area contributed by atoms with Crippen LogP contribution in [0.1, 0.15) is 6.92 Å². The highest BCUT2D eigenvalue weighted by Crippen LogP contribution is 2.18. The normalized spacial score (nSPS) is 23.1. The molecule has 0 spiro atoms. The van der Waals surface area contributed by atoms with Crippen molar-refractivity contribution < 1.29 is 9.90 Å². The minimum Gasteiger partial charge on any atom is -0.386 e. The molecule has 9 heavy (non-hydrogen) atoms. The average molecular weight is 130 g/mol.